The van der Waals surface area contributed by atoms with Crippen LogP contribution in [0.25, 0.3) is 0 Å². The summed E-state index contributed by atoms with van der Waals surface area (Å²) < 4.78 is 41.5. The molecule has 0 unspecified atom stereocenters. The van der Waals surface area contributed by atoms with Crippen LogP contribution in [0.2, 0.25) is 0 Å². The van der Waals surface area contributed by atoms with Crippen LogP contribution >= 0.6 is 0 Å². The second-order valence-electron chi connectivity index (χ2n) is 7.67. The third-order valence-corrected chi connectivity index (χ3v) is 6.34. The Kier molecular flexibility index (Phi) is 8.01. The van der Waals surface area contributed by atoms with Gasteiger partial charge in [0.15, 0.2) is 0 Å². The summed E-state index contributed by atoms with van der Waals surface area (Å²) >= 11 is 0. The molecular formula is C25H28N2O6S. The third-order valence-electron chi connectivity index (χ3n) is 5.09. The molecule has 0 saturated heterocycles. The zero-order valence-corrected chi connectivity index (χ0v) is 20.3. The Bertz CT molecular complexity index is 1230. The van der Waals surface area contributed by atoms with Gasteiger partial charge in [-0.25, -0.2) is 4.79 Å². The van der Waals surface area contributed by atoms with Crippen molar-refractivity contribution in [1.82, 2.24) is 4.90 Å². The highest BCUT2D eigenvalue weighted by atomic mass is 32.2. The van der Waals surface area contributed by atoms with Crippen LogP contribution in [0.15, 0.2) is 77.7 Å². The van der Waals surface area contributed by atoms with Crippen LogP contribution < -0.4 is 19.0 Å². The van der Waals surface area contributed by atoms with Crippen molar-refractivity contribution in [1.29, 1.82) is 0 Å². The lowest BCUT2D eigenvalue weighted by Gasteiger charge is -2.28. The summed E-state index contributed by atoms with van der Waals surface area (Å²) in [6, 6.07) is 19.2. The average molecular weight is 485 g/mol. The molecular weight excluding hydrogens is 456 g/mol. The second kappa shape index (κ2) is 10.9. The predicted octanol–water partition coefficient (Wildman–Crippen LogP) is 4.91. The molecule has 0 fully saturated rings. The topological polar surface area (TPSA) is 94.2 Å². The molecule has 1 N–H and O–H groups in total. The van der Waals surface area contributed by atoms with Crippen molar-refractivity contribution in [2.45, 2.75) is 31.3 Å². The molecule has 0 aliphatic heterocycles. The Morgan fingerprint density at radius 2 is 1.50 bits per heavy atom. The number of benzene rings is 3. The zero-order chi connectivity index (χ0) is 24.7. The standard InChI is InChI=1S/C25H28N2O6S/c1-18(2)27(25(28)26-22-10-6-8-12-24(22)32-4)17-19-9-5-7-11-23(19)33-34(29,30)21-15-13-20(31-3)14-16-21/h5-16,18H,17H2,1-4H3,(H,26,28). The van der Waals surface area contributed by atoms with Crippen LogP contribution in [-0.4, -0.2) is 39.6 Å². The average Bonchev–Trinajstić information content (AvgIpc) is 2.83. The SMILES string of the molecule is COc1ccc(S(=O)(=O)Oc2ccccc2CN(C(=O)Nc2ccccc2OC)C(C)C)cc1. The number of hydrogen-bond donors (Lipinski definition) is 1. The van der Waals surface area contributed by atoms with Crippen LogP contribution in [0.1, 0.15) is 19.4 Å². The van der Waals surface area contributed by atoms with Gasteiger partial charge in [-0.15, -0.1) is 0 Å². The Morgan fingerprint density at radius 3 is 2.12 bits per heavy atom. The van der Waals surface area contributed by atoms with Crippen molar-refractivity contribution in [3.05, 3.63) is 78.4 Å². The summed E-state index contributed by atoms with van der Waals surface area (Å²) in [5, 5.41) is 2.86. The lowest BCUT2D eigenvalue weighted by atomic mass is 10.1. The molecule has 0 atom stereocenters. The van der Waals surface area contributed by atoms with Crippen molar-refractivity contribution in [2.75, 3.05) is 19.5 Å². The second-order valence-corrected chi connectivity index (χ2v) is 9.22. The van der Waals surface area contributed by atoms with Crippen LogP contribution in [-0.2, 0) is 16.7 Å². The molecule has 8 nitrogen and oxygen atoms in total. The number of amides is 2. The lowest BCUT2D eigenvalue weighted by Crippen LogP contribution is -2.39. The van der Waals surface area contributed by atoms with E-state index < -0.39 is 10.1 Å². The van der Waals surface area contributed by atoms with E-state index >= 15 is 0 Å². The highest BCUT2D eigenvalue weighted by Gasteiger charge is 2.23. The maximum absolute atomic E-state index is 13.1. The molecule has 0 aliphatic rings. The first-order valence-corrected chi connectivity index (χ1v) is 12.0. The van der Waals surface area contributed by atoms with Gasteiger partial charge in [-0.1, -0.05) is 30.3 Å². The monoisotopic (exact) mass is 484 g/mol. The van der Waals surface area contributed by atoms with Gasteiger partial charge >= 0.3 is 16.1 Å². The van der Waals surface area contributed by atoms with Crippen molar-refractivity contribution >= 4 is 21.8 Å². The number of anilines is 1. The van der Waals surface area contributed by atoms with Crippen LogP contribution in [0, 0.1) is 0 Å². The Labute approximate surface area is 200 Å². The molecule has 180 valence electrons. The highest BCUT2D eigenvalue weighted by molar-refractivity contribution is 7.87. The third kappa shape index (κ3) is 5.99. The summed E-state index contributed by atoms with van der Waals surface area (Å²) in [4.78, 5) is 14.7. The first-order chi connectivity index (χ1) is 16.2. The number of ether oxygens (including phenoxy) is 2. The molecule has 3 aromatic carbocycles. The molecule has 0 aliphatic carbocycles. The van der Waals surface area contributed by atoms with E-state index in [2.05, 4.69) is 5.32 Å². The first kappa shape index (κ1) is 24.9. The van der Waals surface area contributed by atoms with Gasteiger partial charge in [-0.2, -0.15) is 8.42 Å². The molecule has 3 aromatic rings. The lowest BCUT2D eigenvalue weighted by molar-refractivity contribution is 0.193. The van der Waals surface area contributed by atoms with Crippen LogP contribution in [0.5, 0.6) is 17.2 Å². The summed E-state index contributed by atoms with van der Waals surface area (Å²) in [6.45, 7) is 3.88. The molecule has 0 spiro atoms. The molecule has 34 heavy (non-hydrogen) atoms. The Hall–Kier alpha value is -3.72. The summed E-state index contributed by atoms with van der Waals surface area (Å²) in [5.41, 5.74) is 1.08. The fourth-order valence-electron chi connectivity index (χ4n) is 3.23. The van der Waals surface area contributed by atoms with Crippen LogP contribution in [0.3, 0.4) is 0 Å². The number of para-hydroxylation sites is 3. The Balaban J connectivity index is 1.83. The Morgan fingerprint density at radius 1 is 0.882 bits per heavy atom. The van der Waals surface area contributed by atoms with Gasteiger partial charge < -0.3 is 23.9 Å². The van der Waals surface area contributed by atoms with Gasteiger partial charge in [0.05, 0.1) is 26.5 Å². The molecule has 2 amide bonds. The summed E-state index contributed by atoms with van der Waals surface area (Å²) in [6.07, 6.45) is 0. The molecule has 0 bridgehead atoms. The number of hydrogen-bond acceptors (Lipinski definition) is 6. The van der Waals surface area contributed by atoms with E-state index in [-0.39, 0.29) is 29.3 Å². The predicted molar refractivity (Wildman–Crippen MR) is 130 cm³/mol. The number of carbonyl (C=O) groups excluding carboxylic acids is 1. The van der Waals surface area contributed by atoms with Crippen molar-refractivity contribution in [3.8, 4) is 17.2 Å². The smallest absolute Gasteiger partial charge is 0.339 e. The molecule has 0 saturated carbocycles. The largest absolute Gasteiger partial charge is 0.497 e. The number of nitrogens with zero attached hydrogens (tertiary/aromatic N) is 1. The number of urea groups is 1. The van der Waals surface area contributed by atoms with Crippen LogP contribution in [0.4, 0.5) is 10.5 Å². The zero-order valence-electron chi connectivity index (χ0n) is 19.5. The van der Waals surface area contributed by atoms with Gasteiger partial charge in [0.25, 0.3) is 0 Å². The summed E-state index contributed by atoms with van der Waals surface area (Å²) in [5.74, 6) is 1.22. The summed E-state index contributed by atoms with van der Waals surface area (Å²) in [7, 11) is -1.06. The number of nitrogens with one attached hydrogen (secondary N) is 1. The molecule has 9 heteroatoms. The van der Waals surface area contributed by atoms with Crippen molar-refractivity contribution in [2.24, 2.45) is 0 Å². The molecule has 0 aromatic heterocycles. The highest BCUT2D eigenvalue weighted by Crippen LogP contribution is 2.27. The molecule has 0 radical (unpaired) electrons. The van der Waals surface area contributed by atoms with Crippen molar-refractivity contribution in [3.63, 3.8) is 0 Å². The van der Waals surface area contributed by atoms with Gasteiger partial charge in [-0.05, 0) is 56.3 Å². The fourth-order valence-corrected chi connectivity index (χ4v) is 4.20. The fraction of sp³-hybridized carbons (Fsp3) is 0.240. The van der Waals surface area contributed by atoms with E-state index in [4.69, 9.17) is 13.7 Å². The van der Waals surface area contributed by atoms with Gasteiger partial charge in [0.1, 0.15) is 22.1 Å². The normalized spacial score (nSPS) is 11.1. The maximum Gasteiger partial charge on any atom is 0.339 e. The van der Waals surface area contributed by atoms with Gasteiger partial charge in [-0.3, -0.25) is 0 Å². The minimum atomic E-state index is -4.09. The van der Waals surface area contributed by atoms with Crippen molar-refractivity contribution < 1.29 is 26.9 Å². The number of rotatable bonds is 9. The minimum absolute atomic E-state index is 0.00210. The quantitative estimate of drug-likeness (QED) is 0.434. The van der Waals surface area contributed by atoms with E-state index in [1.807, 2.05) is 19.9 Å². The first-order valence-electron chi connectivity index (χ1n) is 10.6. The maximum atomic E-state index is 13.1. The van der Waals surface area contributed by atoms with E-state index in [1.54, 1.807) is 59.5 Å². The molecule has 3 rings (SSSR count). The van der Waals surface area contributed by atoms with Gasteiger partial charge in [0.2, 0.25) is 0 Å². The number of methoxy groups -OCH3 is 2. The minimum Gasteiger partial charge on any atom is -0.497 e. The van der Waals surface area contributed by atoms with E-state index in [9.17, 15) is 13.2 Å². The van der Waals surface area contributed by atoms with E-state index in [1.165, 1.54) is 26.4 Å². The van der Waals surface area contributed by atoms with E-state index in [0.29, 0.717) is 22.7 Å². The molecule has 0 heterocycles. The number of carbonyl (C=O) groups is 1. The van der Waals surface area contributed by atoms with Gasteiger partial charge in [0, 0.05) is 11.6 Å². The van der Waals surface area contributed by atoms with E-state index in [0.717, 1.165) is 0 Å².